The van der Waals surface area contributed by atoms with Crippen molar-refractivity contribution in [1.29, 1.82) is 0 Å². The number of thioether (sulfide) groups is 1. The minimum Gasteiger partial charge on any atom is -0.469 e. The molecule has 1 N–H and O–H groups in total. The number of rotatable bonds is 4. The van der Waals surface area contributed by atoms with Gasteiger partial charge in [-0.25, -0.2) is 0 Å². The Kier molecular flexibility index (Phi) is 7.47. The summed E-state index contributed by atoms with van der Waals surface area (Å²) in [6.07, 6.45) is 3.68. The lowest BCUT2D eigenvalue weighted by Crippen LogP contribution is -2.46. The first-order chi connectivity index (χ1) is 13.3. The summed E-state index contributed by atoms with van der Waals surface area (Å²) in [6, 6.07) is 3.96. The second kappa shape index (κ2) is 9.11. The molecular formula is C22H29BrN2O2SSi. The monoisotopic (exact) mass is 492 g/mol. The van der Waals surface area contributed by atoms with Gasteiger partial charge in [-0.2, -0.15) is 0 Å². The van der Waals surface area contributed by atoms with E-state index in [1.54, 1.807) is 0 Å². The number of aromatic nitrogens is 1. The van der Waals surface area contributed by atoms with Crippen LogP contribution in [-0.2, 0) is 4.79 Å². The first-order valence-corrected chi connectivity index (χ1v) is 15.0. The minimum atomic E-state index is -1.47. The molecule has 0 spiro atoms. The normalized spacial score (nSPS) is 12.9. The summed E-state index contributed by atoms with van der Waals surface area (Å²) in [4.78, 5) is 17.2. The number of nitrogens with one attached hydrogen (secondary N) is 1. The lowest BCUT2D eigenvalue weighted by atomic mass is 10.1. The van der Waals surface area contributed by atoms with E-state index in [9.17, 15) is 4.79 Å². The van der Waals surface area contributed by atoms with Gasteiger partial charge in [-0.15, -0.1) is 17.3 Å². The van der Waals surface area contributed by atoms with E-state index in [-0.39, 0.29) is 11.4 Å². The van der Waals surface area contributed by atoms with Crippen LogP contribution < -0.4 is 10.1 Å². The lowest BCUT2D eigenvalue weighted by molar-refractivity contribution is -0.125. The van der Waals surface area contributed by atoms with E-state index >= 15 is 0 Å². The van der Waals surface area contributed by atoms with Gasteiger partial charge in [0, 0.05) is 22.7 Å². The Bertz CT molecular complexity index is 985. The predicted octanol–water partition coefficient (Wildman–Crippen LogP) is 5.52. The molecule has 2 rings (SSSR count). The van der Waals surface area contributed by atoms with Crippen LogP contribution in [0.2, 0.25) is 19.6 Å². The summed E-state index contributed by atoms with van der Waals surface area (Å²) in [5.74, 6) is 3.73. The van der Waals surface area contributed by atoms with Crippen molar-refractivity contribution in [3.05, 3.63) is 33.9 Å². The molecule has 1 amide bonds. The summed E-state index contributed by atoms with van der Waals surface area (Å²) >= 11 is 4.98. The third-order valence-corrected chi connectivity index (χ3v) is 6.45. The molecule has 1 unspecified atom stereocenters. The molecule has 0 aliphatic rings. The maximum atomic E-state index is 12.6. The maximum absolute atomic E-state index is 12.6. The number of halogens is 1. The maximum Gasteiger partial charge on any atom is 0.272 e. The molecule has 0 saturated carbocycles. The van der Waals surface area contributed by atoms with Gasteiger partial charge in [0.15, 0.2) is 0 Å². The Morgan fingerprint density at radius 1 is 1.31 bits per heavy atom. The van der Waals surface area contributed by atoms with Gasteiger partial charge in [-0.1, -0.05) is 25.6 Å². The van der Waals surface area contributed by atoms with Crippen LogP contribution in [0.5, 0.6) is 5.75 Å². The third-order valence-electron chi connectivity index (χ3n) is 3.85. The van der Waals surface area contributed by atoms with Crippen LogP contribution in [0.25, 0.3) is 10.9 Å². The van der Waals surface area contributed by atoms with E-state index in [0.29, 0.717) is 5.75 Å². The molecule has 2 aromatic rings. The molecule has 7 heteroatoms. The summed E-state index contributed by atoms with van der Waals surface area (Å²) in [5.41, 5.74) is 5.16. The van der Waals surface area contributed by atoms with Crippen molar-refractivity contribution in [2.75, 3.05) is 6.26 Å². The Hall–Kier alpha value is -1.49. The number of carbonyl (C=O) groups is 1. The highest BCUT2D eigenvalue weighted by atomic mass is 79.9. The van der Waals surface area contributed by atoms with Gasteiger partial charge >= 0.3 is 0 Å². The molecule has 4 nitrogen and oxygen atoms in total. The Balaban J connectivity index is 2.43. The number of benzene rings is 1. The third kappa shape index (κ3) is 6.77. The van der Waals surface area contributed by atoms with Crippen molar-refractivity contribution in [2.24, 2.45) is 0 Å². The topological polar surface area (TPSA) is 51.2 Å². The molecule has 29 heavy (non-hydrogen) atoms. The number of hydrogen-bond acceptors (Lipinski definition) is 4. The van der Waals surface area contributed by atoms with E-state index in [1.807, 2.05) is 52.3 Å². The molecule has 0 fully saturated rings. The van der Waals surface area contributed by atoms with E-state index in [1.165, 1.54) is 11.8 Å². The smallest absolute Gasteiger partial charge is 0.272 e. The largest absolute Gasteiger partial charge is 0.469 e. The highest BCUT2D eigenvalue weighted by Gasteiger charge is 2.25. The molecule has 0 aliphatic carbocycles. The number of ether oxygens (including phenoxy) is 1. The molecule has 0 saturated heterocycles. The molecule has 0 radical (unpaired) electrons. The summed E-state index contributed by atoms with van der Waals surface area (Å²) in [7, 11) is -1.47. The molecule has 0 aliphatic heterocycles. The number of amides is 1. The molecule has 156 valence electrons. The zero-order valence-corrected chi connectivity index (χ0v) is 21.8. The summed E-state index contributed by atoms with van der Waals surface area (Å²) < 4.78 is 6.90. The van der Waals surface area contributed by atoms with Gasteiger partial charge in [0.2, 0.25) is 5.44 Å². The fraction of sp³-hybridized carbons (Fsp3) is 0.455. The van der Waals surface area contributed by atoms with Crippen molar-refractivity contribution < 1.29 is 9.53 Å². The fourth-order valence-electron chi connectivity index (χ4n) is 2.56. The summed E-state index contributed by atoms with van der Waals surface area (Å²) in [5, 5.41) is 3.92. The zero-order valence-electron chi connectivity index (χ0n) is 18.4. The fourth-order valence-corrected chi connectivity index (χ4v) is 3.95. The van der Waals surface area contributed by atoms with Gasteiger partial charge in [0.25, 0.3) is 5.91 Å². The molecular weight excluding hydrogens is 464 g/mol. The van der Waals surface area contributed by atoms with Crippen LogP contribution in [-0.4, -0.2) is 36.2 Å². The van der Waals surface area contributed by atoms with E-state index < -0.39 is 13.5 Å². The van der Waals surface area contributed by atoms with Crippen LogP contribution in [0.4, 0.5) is 0 Å². The van der Waals surface area contributed by atoms with Gasteiger partial charge in [-0.05, 0) is 67.6 Å². The first kappa shape index (κ1) is 23.8. The van der Waals surface area contributed by atoms with E-state index in [0.717, 1.165) is 26.5 Å². The zero-order chi connectivity index (χ0) is 22.0. The molecule has 1 aromatic carbocycles. The number of aryl methyl sites for hydroxylation is 1. The number of hydrogen-bond donors (Lipinski definition) is 1. The quantitative estimate of drug-likeness (QED) is 0.346. The lowest BCUT2D eigenvalue weighted by Gasteiger charge is -2.25. The second-order valence-electron chi connectivity index (χ2n) is 9.03. The Morgan fingerprint density at radius 2 is 1.97 bits per heavy atom. The van der Waals surface area contributed by atoms with Gasteiger partial charge in [0.05, 0.1) is 9.99 Å². The number of fused-ring (bicyclic) bond motifs is 1. The second-order valence-corrected chi connectivity index (χ2v) is 15.5. The van der Waals surface area contributed by atoms with Crippen LogP contribution in [0.15, 0.2) is 22.8 Å². The molecule has 1 heterocycles. The predicted molar refractivity (Wildman–Crippen MR) is 130 cm³/mol. The van der Waals surface area contributed by atoms with E-state index in [2.05, 4.69) is 57.3 Å². The van der Waals surface area contributed by atoms with Crippen LogP contribution in [0, 0.1) is 18.4 Å². The van der Waals surface area contributed by atoms with Gasteiger partial charge in [0.1, 0.15) is 13.8 Å². The van der Waals surface area contributed by atoms with Crippen molar-refractivity contribution >= 4 is 52.6 Å². The average molecular weight is 494 g/mol. The standard InChI is InChI=1S/C22H29BrN2O2SSi/c1-14-18(23)17(27-21(28-5)20(26)25-22(2,3)4)12-16-11-15(13-24-19(14)16)9-10-29(6,7)8/h11-13,21H,1-8H3,(H,25,26). The van der Waals surface area contributed by atoms with Crippen molar-refractivity contribution in [2.45, 2.75) is 58.3 Å². The average Bonchev–Trinajstić information content (AvgIpc) is 2.59. The first-order valence-electron chi connectivity index (χ1n) is 9.44. The van der Waals surface area contributed by atoms with Gasteiger partial charge < -0.3 is 10.1 Å². The Morgan fingerprint density at radius 3 is 2.52 bits per heavy atom. The van der Waals surface area contributed by atoms with Crippen LogP contribution in [0.3, 0.4) is 0 Å². The molecule has 1 aromatic heterocycles. The number of pyridine rings is 1. The highest BCUT2D eigenvalue weighted by Crippen LogP contribution is 2.35. The number of nitrogens with zero attached hydrogens (tertiary/aromatic N) is 1. The molecule has 0 bridgehead atoms. The van der Waals surface area contributed by atoms with Crippen molar-refractivity contribution in [3.63, 3.8) is 0 Å². The highest BCUT2D eigenvalue weighted by molar-refractivity contribution is 9.10. The van der Waals surface area contributed by atoms with Gasteiger partial charge in [-0.3, -0.25) is 9.78 Å². The summed E-state index contributed by atoms with van der Waals surface area (Å²) in [6.45, 7) is 14.5. The minimum absolute atomic E-state index is 0.150. The number of carbonyl (C=O) groups excluding carboxylic acids is 1. The van der Waals surface area contributed by atoms with Crippen molar-refractivity contribution in [3.8, 4) is 17.2 Å². The SMILES string of the molecule is CSC(Oc1cc2cc(C#C[Si](C)(C)C)cnc2c(C)c1Br)C(=O)NC(C)(C)C. The molecule has 1 atom stereocenters. The van der Waals surface area contributed by atoms with Crippen LogP contribution in [0.1, 0.15) is 31.9 Å². The van der Waals surface area contributed by atoms with E-state index in [4.69, 9.17) is 4.74 Å². The Labute approximate surface area is 187 Å². The van der Waals surface area contributed by atoms with Crippen molar-refractivity contribution in [1.82, 2.24) is 10.3 Å². The van der Waals surface area contributed by atoms with Crippen LogP contribution >= 0.6 is 27.7 Å².